The fraction of sp³-hybridized carbons (Fsp3) is 0.222. The molecule has 2 aromatic carbocycles. The summed E-state index contributed by atoms with van der Waals surface area (Å²) < 4.78 is 0. The lowest BCUT2D eigenvalue weighted by Crippen LogP contribution is -2.25. The molecule has 0 amide bonds. The average Bonchev–Trinajstić information content (AvgIpc) is 2.55. The Morgan fingerprint density at radius 1 is 0.905 bits per heavy atom. The molecule has 2 rings (SSSR count). The number of nitrogens with zero attached hydrogens (tertiary/aromatic N) is 2. The summed E-state index contributed by atoms with van der Waals surface area (Å²) in [6, 6.07) is 20.0. The molecule has 104 valence electrons. The van der Waals surface area contributed by atoms with E-state index < -0.39 is 5.41 Å². The van der Waals surface area contributed by atoms with Crippen LogP contribution >= 0.6 is 15.9 Å². The fourth-order valence-electron chi connectivity index (χ4n) is 2.23. The summed E-state index contributed by atoms with van der Waals surface area (Å²) in [5.41, 5.74) is 2.89. The number of nitriles is 2. The first-order valence-electron chi connectivity index (χ1n) is 6.67. The van der Waals surface area contributed by atoms with E-state index in [1.54, 1.807) is 0 Å². The lowest BCUT2D eigenvalue weighted by atomic mass is 9.78. The van der Waals surface area contributed by atoms with Gasteiger partial charge < -0.3 is 0 Å². The van der Waals surface area contributed by atoms with Gasteiger partial charge in [0.25, 0.3) is 0 Å². The van der Waals surface area contributed by atoms with Gasteiger partial charge in [-0.1, -0.05) is 70.0 Å². The zero-order valence-corrected chi connectivity index (χ0v) is 13.4. The van der Waals surface area contributed by atoms with E-state index in [0.717, 1.165) is 22.0 Å². The summed E-state index contributed by atoms with van der Waals surface area (Å²) in [5.74, 6) is 0. The maximum Gasteiger partial charge on any atom is 0.172 e. The molecule has 21 heavy (non-hydrogen) atoms. The Morgan fingerprint density at radius 2 is 1.43 bits per heavy atom. The molecule has 0 heterocycles. The van der Waals surface area contributed by atoms with Gasteiger partial charge in [0.1, 0.15) is 0 Å². The van der Waals surface area contributed by atoms with Crippen LogP contribution in [0.2, 0.25) is 0 Å². The van der Waals surface area contributed by atoms with Gasteiger partial charge in [-0.2, -0.15) is 10.5 Å². The van der Waals surface area contributed by atoms with Crippen molar-refractivity contribution < 1.29 is 0 Å². The molecular weight excluding hydrogens is 324 g/mol. The monoisotopic (exact) mass is 338 g/mol. The molecule has 0 radical (unpaired) electrons. The Morgan fingerprint density at radius 3 is 1.90 bits per heavy atom. The van der Waals surface area contributed by atoms with Gasteiger partial charge in [-0.3, -0.25) is 0 Å². The first kappa shape index (κ1) is 15.3. The Balaban J connectivity index is 2.38. The van der Waals surface area contributed by atoms with E-state index in [1.165, 1.54) is 5.56 Å². The van der Waals surface area contributed by atoms with Crippen molar-refractivity contribution in [2.45, 2.75) is 24.1 Å². The second-order valence-corrected chi connectivity index (χ2v) is 5.68. The third-order valence-electron chi connectivity index (χ3n) is 3.57. The number of alkyl halides is 1. The Kier molecular flexibility index (Phi) is 4.78. The van der Waals surface area contributed by atoms with Crippen LogP contribution in [0.15, 0.2) is 48.5 Å². The average molecular weight is 339 g/mol. The first-order valence-corrected chi connectivity index (χ1v) is 7.79. The van der Waals surface area contributed by atoms with Gasteiger partial charge in [0.15, 0.2) is 5.41 Å². The van der Waals surface area contributed by atoms with E-state index in [1.807, 2.05) is 55.5 Å². The van der Waals surface area contributed by atoms with Crippen molar-refractivity contribution in [2.75, 3.05) is 0 Å². The predicted molar refractivity (Wildman–Crippen MR) is 86.9 cm³/mol. The van der Waals surface area contributed by atoms with Crippen LogP contribution in [0.4, 0.5) is 0 Å². The number of rotatable bonds is 4. The highest BCUT2D eigenvalue weighted by Gasteiger charge is 2.32. The molecule has 0 spiro atoms. The molecule has 0 bridgehead atoms. The highest BCUT2D eigenvalue weighted by molar-refractivity contribution is 9.08. The molecule has 0 aliphatic heterocycles. The normalized spacial score (nSPS) is 10.7. The van der Waals surface area contributed by atoms with Gasteiger partial charge in [0.05, 0.1) is 12.1 Å². The first-order chi connectivity index (χ1) is 10.1. The van der Waals surface area contributed by atoms with Crippen molar-refractivity contribution in [2.24, 2.45) is 0 Å². The summed E-state index contributed by atoms with van der Waals surface area (Å²) >= 11 is 3.40. The number of aryl methyl sites for hydroxylation is 1. The lowest BCUT2D eigenvalue weighted by Gasteiger charge is -2.19. The molecule has 0 saturated carbocycles. The molecule has 0 saturated heterocycles. The van der Waals surface area contributed by atoms with Crippen LogP contribution in [-0.4, -0.2) is 0 Å². The zero-order valence-electron chi connectivity index (χ0n) is 11.8. The van der Waals surface area contributed by atoms with Gasteiger partial charge >= 0.3 is 0 Å². The summed E-state index contributed by atoms with van der Waals surface area (Å²) in [4.78, 5) is 0. The van der Waals surface area contributed by atoms with Crippen molar-refractivity contribution in [3.05, 3.63) is 70.8 Å². The number of hydrogen-bond donors (Lipinski definition) is 0. The molecule has 0 atom stereocenters. The molecular formula is C18H15BrN2. The maximum atomic E-state index is 9.59. The summed E-state index contributed by atoms with van der Waals surface area (Å²) in [5, 5.41) is 19.9. The molecule has 2 nitrogen and oxygen atoms in total. The minimum atomic E-state index is -1.14. The van der Waals surface area contributed by atoms with Crippen LogP contribution in [0.3, 0.4) is 0 Å². The zero-order chi connectivity index (χ0) is 15.3. The maximum absolute atomic E-state index is 9.59. The van der Waals surface area contributed by atoms with Gasteiger partial charge in [0, 0.05) is 11.8 Å². The van der Waals surface area contributed by atoms with E-state index in [0.29, 0.717) is 6.42 Å². The number of benzene rings is 2. The van der Waals surface area contributed by atoms with Crippen LogP contribution in [-0.2, 0) is 17.2 Å². The van der Waals surface area contributed by atoms with Gasteiger partial charge in [-0.15, -0.1) is 0 Å². The van der Waals surface area contributed by atoms with Crippen molar-refractivity contribution >= 4 is 15.9 Å². The van der Waals surface area contributed by atoms with Crippen LogP contribution in [0.1, 0.15) is 22.3 Å². The predicted octanol–water partition coefficient (Wildman–Crippen LogP) is 4.42. The fourth-order valence-corrected chi connectivity index (χ4v) is 2.60. The molecule has 0 aromatic heterocycles. The summed E-state index contributed by atoms with van der Waals surface area (Å²) in [6.45, 7) is 2.02. The van der Waals surface area contributed by atoms with Gasteiger partial charge in [0.2, 0.25) is 0 Å². The topological polar surface area (TPSA) is 47.6 Å². The highest BCUT2D eigenvalue weighted by Crippen LogP contribution is 2.28. The van der Waals surface area contributed by atoms with Crippen molar-refractivity contribution in [3.8, 4) is 12.1 Å². The van der Waals surface area contributed by atoms with Crippen LogP contribution < -0.4 is 0 Å². The Hall–Kier alpha value is -2.10. The highest BCUT2D eigenvalue weighted by atomic mass is 79.9. The molecule has 2 aromatic rings. The largest absolute Gasteiger partial charge is 0.196 e. The minimum absolute atomic E-state index is 0.397. The molecule has 0 aliphatic rings. The van der Waals surface area contributed by atoms with Crippen LogP contribution in [0, 0.1) is 29.6 Å². The number of hydrogen-bond acceptors (Lipinski definition) is 2. The summed E-state index contributed by atoms with van der Waals surface area (Å²) in [7, 11) is 0. The van der Waals surface area contributed by atoms with Gasteiger partial charge in [-0.05, 0) is 23.6 Å². The number of halogens is 1. The van der Waals surface area contributed by atoms with E-state index in [9.17, 15) is 10.5 Å². The molecule has 0 N–H and O–H groups in total. The second-order valence-electron chi connectivity index (χ2n) is 5.12. The third-order valence-corrected chi connectivity index (χ3v) is 4.22. The standard InChI is InChI=1S/C18H15BrN2/c1-14-2-4-15(5-3-14)10-18(12-20,13-21)17-8-6-16(11-19)7-9-17/h2-9H,10-11H2,1H3. The van der Waals surface area contributed by atoms with Gasteiger partial charge in [-0.25, -0.2) is 0 Å². The minimum Gasteiger partial charge on any atom is -0.196 e. The van der Waals surface area contributed by atoms with E-state index in [4.69, 9.17) is 0 Å². The van der Waals surface area contributed by atoms with Crippen molar-refractivity contribution in [1.29, 1.82) is 10.5 Å². The van der Waals surface area contributed by atoms with E-state index in [-0.39, 0.29) is 0 Å². The molecule has 0 fully saturated rings. The molecule has 0 unspecified atom stereocenters. The quantitative estimate of drug-likeness (QED) is 0.774. The Bertz CT molecular complexity index is 674. The second kappa shape index (κ2) is 6.57. The molecule has 0 aliphatic carbocycles. The van der Waals surface area contributed by atoms with E-state index in [2.05, 4.69) is 28.1 Å². The summed E-state index contributed by atoms with van der Waals surface area (Å²) in [6.07, 6.45) is 0.397. The molecule has 3 heteroatoms. The Labute approximate surface area is 133 Å². The van der Waals surface area contributed by atoms with Crippen LogP contribution in [0.25, 0.3) is 0 Å². The SMILES string of the molecule is Cc1ccc(CC(C#N)(C#N)c2ccc(CBr)cc2)cc1. The third kappa shape index (κ3) is 3.32. The van der Waals surface area contributed by atoms with Crippen molar-refractivity contribution in [1.82, 2.24) is 0 Å². The van der Waals surface area contributed by atoms with E-state index >= 15 is 0 Å². The lowest BCUT2D eigenvalue weighted by molar-refractivity contribution is 0.694. The van der Waals surface area contributed by atoms with Crippen LogP contribution in [0.5, 0.6) is 0 Å². The van der Waals surface area contributed by atoms with Crippen molar-refractivity contribution in [3.63, 3.8) is 0 Å². The smallest absolute Gasteiger partial charge is 0.172 e.